The molecule has 0 spiro atoms. The van der Waals surface area contributed by atoms with Crippen LogP contribution in [0.5, 0.6) is 0 Å². The van der Waals surface area contributed by atoms with E-state index in [-0.39, 0.29) is 6.04 Å². The van der Waals surface area contributed by atoms with Crippen LogP contribution in [0.3, 0.4) is 0 Å². The Morgan fingerprint density at radius 2 is 2.12 bits per heavy atom. The van der Waals surface area contributed by atoms with E-state index >= 15 is 0 Å². The van der Waals surface area contributed by atoms with E-state index < -0.39 is 0 Å². The van der Waals surface area contributed by atoms with Gasteiger partial charge in [-0.15, -0.1) is 0 Å². The molecule has 1 atom stereocenters. The highest BCUT2D eigenvalue weighted by atomic mass is 16.5. The molecule has 1 unspecified atom stereocenters. The minimum absolute atomic E-state index is 0.157. The van der Waals surface area contributed by atoms with Crippen molar-refractivity contribution in [3.63, 3.8) is 0 Å². The van der Waals surface area contributed by atoms with Crippen molar-refractivity contribution in [2.45, 2.75) is 26.3 Å². The highest BCUT2D eigenvalue weighted by Crippen LogP contribution is 2.14. The Labute approximate surface area is 98.7 Å². The van der Waals surface area contributed by atoms with Crippen molar-refractivity contribution < 1.29 is 4.43 Å². The third-order valence-corrected chi connectivity index (χ3v) is 2.80. The molecule has 0 radical (unpaired) electrons. The Balaban J connectivity index is 2.82. The molecule has 0 saturated heterocycles. The van der Waals surface area contributed by atoms with Crippen LogP contribution in [0.15, 0.2) is 24.3 Å². The summed E-state index contributed by atoms with van der Waals surface area (Å²) in [7, 11) is 0. The highest BCUT2D eigenvalue weighted by molar-refractivity contribution is 5.72. The van der Waals surface area contributed by atoms with Crippen LogP contribution in [0.4, 0.5) is 0 Å². The van der Waals surface area contributed by atoms with Gasteiger partial charge in [-0.2, -0.15) is 0 Å². The fourth-order valence-electron chi connectivity index (χ4n) is 1.93. The van der Waals surface area contributed by atoms with E-state index in [1.807, 2.05) is 6.92 Å². The third kappa shape index (κ3) is 1.89. The number of nitrogens with zero attached hydrogens (tertiary/aromatic N) is 2. The van der Waals surface area contributed by atoms with Crippen LogP contribution in [0.2, 0.25) is 0 Å². The van der Waals surface area contributed by atoms with E-state index in [0.29, 0.717) is 28.8 Å². The molecule has 2 N–H and O–H groups in total. The predicted octanol–water partition coefficient (Wildman–Crippen LogP) is 1.10. The molecule has 0 aliphatic heterocycles. The Morgan fingerprint density at radius 3 is 2.76 bits per heavy atom. The number of hydrogen-bond acceptors (Lipinski definition) is 3. The number of nitrogens with two attached hydrogens (primary N) is 1. The summed E-state index contributed by atoms with van der Waals surface area (Å²) in [4.78, 5) is 12.1. The standard InChI is InChI=1S/C12H15N3O2/c1-8(13)7-12-9(2)14(16)10-5-3-4-6-11(10)15(12)17/h3-6,8H,7,13H2,1-2H3. The molecular formula is C12H15N3O2. The van der Waals surface area contributed by atoms with Crippen molar-refractivity contribution in [3.05, 3.63) is 45.8 Å². The van der Waals surface area contributed by atoms with Gasteiger partial charge in [0.05, 0.1) is 16.5 Å². The lowest BCUT2D eigenvalue weighted by molar-refractivity contribution is -0.476. The molecule has 90 valence electrons. The molecule has 1 heterocycles. The molecule has 0 bridgehead atoms. The quantitative estimate of drug-likeness (QED) is 0.789. The van der Waals surface area contributed by atoms with E-state index in [2.05, 4.69) is 0 Å². The lowest BCUT2D eigenvalue weighted by Gasteiger charge is -2.16. The summed E-state index contributed by atoms with van der Waals surface area (Å²) in [6.07, 6.45) is 0.391. The summed E-state index contributed by atoms with van der Waals surface area (Å²) < 4.78 is 1.60. The molecule has 0 fully saturated rings. The average molecular weight is 233 g/mol. The molecule has 5 nitrogen and oxygen atoms in total. The zero-order valence-electron chi connectivity index (χ0n) is 9.88. The normalized spacial score (nSPS) is 12.9. The van der Waals surface area contributed by atoms with Gasteiger partial charge in [0, 0.05) is 17.0 Å². The van der Waals surface area contributed by atoms with E-state index in [0.717, 1.165) is 9.16 Å². The Hall–Kier alpha value is -1.88. The molecule has 17 heavy (non-hydrogen) atoms. The maximum absolute atomic E-state index is 12.1. The molecule has 1 aromatic heterocycles. The van der Waals surface area contributed by atoms with Crippen LogP contribution >= 0.6 is 0 Å². The van der Waals surface area contributed by atoms with Gasteiger partial charge < -0.3 is 15.7 Å². The van der Waals surface area contributed by atoms with Gasteiger partial charge in [-0.25, -0.2) is 0 Å². The lowest BCUT2D eigenvalue weighted by Crippen LogP contribution is -2.31. The van der Waals surface area contributed by atoms with Gasteiger partial charge in [0.2, 0.25) is 0 Å². The van der Waals surface area contributed by atoms with Gasteiger partial charge >= 0.3 is 0 Å². The second-order valence-electron chi connectivity index (χ2n) is 4.29. The van der Waals surface area contributed by atoms with Crippen molar-refractivity contribution in [2.75, 3.05) is 0 Å². The van der Waals surface area contributed by atoms with Gasteiger partial charge in [0.1, 0.15) is 5.52 Å². The van der Waals surface area contributed by atoms with E-state index in [1.165, 1.54) is 0 Å². The SMILES string of the molecule is Cc1c(CC(C)N)[n+](=O)c2ccccc2n1[O-]. The zero-order chi connectivity index (χ0) is 12.6. The molecule has 0 amide bonds. The van der Waals surface area contributed by atoms with E-state index in [1.54, 1.807) is 31.2 Å². The molecule has 0 aliphatic rings. The maximum atomic E-state index is 12.1. The van der Waals surface area contributed by atoms with Crippen molar-refractivity contribution in [2.24, 2.45) is 5.73 Å². The summed E-state index contributed by atoms with van der Waals surface area (Å²) >= 11 is 0. The first-order valence-electron chi connectivity index (χ1n) is 5.51. The van der Waals surface area contributed by atoms with Gasteiger partial charge in [0.25, 0.3) is 11.2 Å². The minimum atomic E-state index is -0.157. The lowest BCUT2D eigenvalue weighted by atomic mass is 10.1. The topological polar surface area (TPSA) is 77.0 Å². The Bertz CT molecular complexity index is 617. The van der Waals surface area contributed by atoms with Gasteiger partial charge in [-0.05, 0) is 19.9 Å². The molecule has 2 rings (SSSR count). The van der Waals surface area contributed by atoms with Gasteiger partial charge in [0.15, 0.2) is 0 Å². The summed E-state index contributed by atoms with van der Waals surface area (Å²) in [5.74, 6) is 0. The Morgan fingerprint density at radius 1 is 1.47 bits per heavy atom. The van der Waals surface area contributed by atoms with Crippen LogP contribution < -0.4 is 10.2 Å². The number of aromatic nitrogens is 2. The van der Waals surface area contributed by atoms with Crippen molar-refractivity contribution in [1.82, 2.24) is 4.73 Å². The molecule has 5 heteroatoms. The van der Waals surface area contributed by atoms with Crippen LogP contribution in [0.1, 0.15) is 18.3 Å². The fourth-order valence-corrected chi connectivity index (χ4v) is 1.93. The smallest absolute Gasteiger partial charge is 0.286 e. The minimum Gasteiger partial charge on any atom is -0.805 e. The number of para-hydroxylation sites is 2. The molecule has 0 saturated carbocycles. The van der Waals surface area contributed by atoms with Crippen molar-refractivity contribution in [1.29, 1.82) is 0 Å². The number of fused-ring (bicyclic) bond motifs is 1. The zero-order valence-corrected chi connectivity index (χ0v) is 9.88. The van der Waals surface area contributed by atoms with E-state index in [4.69, 9.17) is 5.73 Å². The highest BCUT2D eigenvalue weighted by Gasteiger charge is 2.20. The number of hydrogen-bond donors (Lipinski definition) is 1. The molecule has 2 aromatic rings. The summed E-state index contributed by atoms with van der Waals surface area (Å²) in [6.45, 7) is 3.45. The van der Waals surface area contributed by atoms with Crippen LogP contribution in [0, 0.1) is 17.0 Å². The second-order valence-corrected chi connectivity index (χ2v) is 4.29. The van der Waals surface area contributed by atoms with Gasteiger partial charge in [-0.3, -0.25) is 0 Å². The maximum Gasteiger partial charge on any atom is 0.286 e. The first-order valence-corrected chi connectivity index (χ1v) is 5.51. The molecule has 0 aliphatic carbocycles. The first-order chi connectivity index (χ1) is 8.02. The summed E-state index contributed by atoms with van der Waals surface area (Å²) in [6, 6.07) is 6.60. The Kier molecular flexibility index (Phi) is 2.85. The van der Waals surface area contributed by atoms with Crippen LogP contribution in [-0.4, -0.2) is 10.8 Å². The molecular weight excluding hydrogens is 218 g/mol. The van der Waals surface area contributed by atoms with E-state index in [9.17, 15) is 10.1 Å². The van der Waals surface area contributed by atoms with Crippen LogP contribution in [0.25, 0.3) is 11.0 Å². The molecule has 1 aromatic carbocycles. The van der Waals surface area contributed by atoms with Crippen LogP contribution in [-0.2, 0) is 6.42 Å². The third-order valence-electron chi connectivity index (χ3n) is 2.80. The number of rotatable bonds is 2. The van der Waals surface area contributed by atoms with Gasteiger partial charge in [-0.1, -0.05) is 12.1 Å². The first kappa shape index (κ1) is 11.6. The average Bonchev–Trinajstić information content (AvgIpc) is 2.31. The fraction of sp³-hybridized carbons (Fsp3) is 0.333. The van der Waals surface area contributed by atoms with Crippen molar-refractivity contribution in [3.8, 4) is 0 Å². The monoisotopic (exact) mass is 233 g/mol. The number of benzene rings is 1. The van der Waals surface area contributed by atoms with Crippen molar-refractivity contribution >= 4 is 11.0 Å². The second kappa shape index (κ2) is 4.18. The largest absolute Gasteiger partial charge is 0.805 e. The predicted molar refractivity (Wildman–Crippen MR) is 66.2 cm³/mol. The summed E-state index contributed by atoms with van der Waals surface area (Å²) in [5, 5.41) is 12.0. The summed E-state index contributed by atoms with van der Waals surface area (Å²) in [5.41, 5.74) is 7.31.